The predicted octanol–water partition coefficient (Wildman–Crippen LogP) is 6.59. The molecule has 3 heterocycles. The number of pyridine rings is 1. The lowest BCUT2D eigenvalue weighted by Crippen LogP contribution is -2.03. The molecule has 0 saturated heterocycles. The van der Waals surface area contributed by atoms with Crippen molar-refractivity contribution in [2.45, 2.75) is 13.5 Å². The number of ketones is 1. The molecule has 0 spiro atoms. The Bertz CT molecular complexity index is 1440. The predicted molar refractivity (Wildman–Crippen MR) is 125 cm³/mol. The van der Waals surface area contributed by atoms with E-state index in [2.05, 4.69) is 9.97 Å². The summed E-state index contributed by atoms with van der Waals surface area (Å²) in [4.78, 5) is 21.7. The Balaban J connectivity index is 1.60. The molecule has 158 valence electrons. The summed E-state index contributed by atoms with van der Waals surface area (Å²) in [5, 5.41) is 1.79. The van der Waals surface area contributed by atoms with Crippen LogP contribution in [0.3, 0.4) is 0 Å². The molecule has 0 saturated carbocycles. The van der Waals surface area contributed by atoms with Gasteiger partial charge >= 0.3 is 0 Å². The van der Waals surface area contributed by atoms with Crippen LogP contribution in [-0.2, 0) is 6.54 Å². The third-order valence-corrected chi connectivity index (χ3v) is 5.94. The van der Waals surface area contributed by atoms with Gasteiger partial charge in [0.05, 0.1) is 17.3 Å². The maximum absolute atomic E-state index is 13.5. The number of carbonyl (C=O) groups is 1. The number of rotatable bonds is 5. The van der Waals surface area contributed by atoms with Crippen LogP contribution in [0, 0.1) is 6.92 Å². The maximum atomic E-state index is 13.5. The number of oxazole rings is 1. The van der Waals surface area contributed by atoms with Gasteiger partial charge in [-0.1, -0.05) is 47.0 Å². The van der Waals surface area contributed by atoms with Crippen molar-refractivity contribution in [2.75, 3.05) is 0 Å². The van der Waals surface area contributed by atoms with E-state index in [4.69, 9.17) is 27.6 Å². The van der Waals surface area contributed by atoms with Crippen molar-refractivity contribution in [2.24, 2.45) is 0 Å². The summed E-state index contributed by atoms with van der Waals surface area (Å²) in [6.07, 6.45) is 4.72. The molecule has 0 aliphatic rings. The summed E-state index contributed by atoms with van der Waals surface area (Å²) in [6, 6.07) is 17.0. The van der Waals surface area contributed by atoms with E-state index in [0.29, 0.717) is 28.2 Å². The minimum absolute atomic E-state index is 0.130. The van der Waals surface area contributed by atoms with Crippen LogP contribution in [0.4, 0.5) is 0 Å². The smallest absolute Gasteiger partial charge is 0.233 e. The quantitative estimate of drug-likeness (QED) is 0.277. The summed E-state index contributed by atoms with van der Waals surface area (Å²) in [7, 11) is 0. The highest BCUT2D eigenvalue weighted by molar-refractivity contribution is 6.37. The molecule has 0 aliphatic carbocycles. The maximum Gasteiger partial charge on any atom is 0.233 e. The van der Waals surface area contributed by atoms with Crippen molar-refractivity contribution in [3.63, 3.8) is 0 Å². The van der Waals surface area contributed by atoms with Crippen LogP contribution >= 0.6 is 23.2 Å². The number of benzene rings is 2. The Kier molecular flexibility index (Phi) is 5.29. The molecule has 0 N–H and O–H groups in total. The number of hydrogen-bond acceptors (Lipinski definition) is 4. The summed E-state index contributed by atoms with van der Waals surface area (Å²) in [6.45, 7) is 2.48. The van der Waals surface area contributed by atoms with E-state index < -0.39 is 0 Å². The molecule has 3 aromatic heterocycles. The monoisotopic (exact) mass is 461 g/mol. The molecular weight excluding hydrogens is 445 g/mol. The second kappa shape index (κ2) is 8.26. The van der Waals surface area contributed by atoms with Gasteiger partial charge in [0.1, 0.15) is 5.15 Å². The van der Waals surface area contributed by atoms with E-state index in [1.54, 1.807) is 24.5 Å². The highest BCUT2D eigenvalue weighted by atomic mass is 35.5. The van der Waals surface area contributed by atoms with Gasteiger partial charge in [0.25, 0.3) is 0 Å². The van der Waals surface area contributed by atoms with Gasteiger partial charge in [-0.15, -0.1) is 0 Å². The summed E-state index contributed by atoms with van der Waals surface area (Å²) in [5.41, 5.74) is 4.06. The fourth-order valence-electron chi connectivity index (χ4n) is 3.71. The summed E-state index contributed by atoms with van der Waals surface area (Å²) < 4.78 is 7.71. The zero-order valence-corrected chi connectivity index (χ0v) is 18.6. The first-order valence-electron chi connectivity index (χ1n) is 9.95. The Hall–Kier alpha value is -3.41. The van der Waals surface area contributed by atoms with Crippen molar-refractivity contribution < 1.29 is 9.21 Å². The van der Waals surface area contributed by atoms with Crippen LogP contribution < -0.4 is 0 Å². The van der Waals surface area contributed by atoms with Crippen molar-refractivity contribution >= 4 is 39.9 Å². The number of fused-ring (bicyclic) bond motifs is 1. The molecule has 5 aromatic rings. The Morgan fingerprint density at radius 1 is 1.03 bits per heavy atom. The fraction of sp³-hybridized carbons (Fsp3) is 0.0800. The number of aryl methyl sites for hydroxylation is 1. The van der Waals surface area contributed by atoms with Crippen LogP contribution in [-0.4, -0.2) is 20.3 Å². The van der Waals surface area contributed by atoms with Gasteiger partial charge in [-0.05, 0) is 48.9 Å². The SMILES string of the molecule is Cc1ccc2c(c1)c(C(=O)c1cnc(-c3ccncc3)o1)c(Cl)n2Cc1ccc(Cl)cc1. The Morgan fingerprint density at radius 2 is 1.78 bits per heavy atom. The Morgan fingerprint density at radius 3 is 2.53 bits per heavy atom. The van der Waals surface area contributed by atoms with Gasteiger partial charge < -0.3 is 8.98 Å². The number of nitrogens with zero attached hydrogens (tertiary/aromatic N) is 3. The minimum Gasteiger partial charge on any atom is -0.433 e. The van der Waals surface area contributed by atoms with Crippen molar-refractivity contribution in [1.29, 1.82) is 0 Å². The van der Waals surface area contributed by atoms with E-state index >= 15 is 0 Å². The normalized spacial score (nSPS) is 11.2. The van der Waals surface area contributed by atoms with E-state index in [1.165, 1.54) is 6.20 Å². The molecule has 0 unspecified atom stereocenters. The molecule has 0 bridgehead atoms. The lowest BCUT2D eigenvalue weighted by Gasteiger charge is -2.08. The van der Waals surface area contributed by atoms with E-state index in [9.17, 15) is 4.79 Å². The van der Waals surface area contributed by atoms with Crippen LogP contribution in [0.2, 0.25) is 10.2 Å². The first-order chi connectivity index (χ1) is 15.5. The molecule has 0 radical (unpaired) electrons. The zero-order chi connectivity index (χ0) is 22.2. The topological polar surface area (TPSA) is 60.9 Å². The van der Waals surface area contributed by atoms with Gasteiger partial charge in [-0.25, -0.2) is 4.98 Å². The lowest BCUT2D eigenvalue weighted by molar-refractivity contribution is 0.101. The van der Waals surface area contributed by atoms with Crippen LogP contribution in [0.1, 0.15) is 27.2 Å². The Labute approximate surface area is 194 Å². The van der Waals surface area contributed by atoms with Crippen LogP contribution in [0.15, 0.2) is 77.6 Å². The van der Waals surface area contributed by atoms with E-state index in [-0.39, 0.29) is 11.5 Å². The van der Waals surface area contributed by atoms with Gasteiger partial charge in [0.2, 0.25) is 11.7 Å². The van der Waals surface area contributed by atoms with Crippen LogP contribution in [0.5, 0.6) is 0 Å². The second-order valence-electron chi connectivity index (χ2n) is 7.49. The second-order valence-corrected chi connectivity index (χ2v) is 8.29. The third-order valence-electron chi connectivity index (χ3n) is 5.29. The molecule has 5 rings (SSSR count). The first kappa shape index (κ1) is 20.5. The van der Waals surface area contributed by atoms with Crippen molar-refractivity contribution in [3.8, 4) is 11.5 Å². The highest BCUT2D eigenvalue weighted by Gasteiger charge is 2.25. The average molecular weight is 462 g/mol. The molecule has 7 heteroatoms. The minimum atomic E-state index is -0.312. The fourth-order valence-corrected chi connectivity index (χ4v) is 4.17. The zero-order valence-electron chi connectivity index (χ0n) is 17.0. The molecule has 0 amide bonds. The number of halogens is 2. The van der Waals surface area contributed by atoms with E-state index in [1.807, 2.05) is 54.0 Å². The molecular formula is C25H17Cl2N3O2. The van der Waals surface area contributed by atoms with Gasteiger partial charge in [-0.2, -0.15) is 0 Å². The van der Waals surface area contributed by atoms with Gasteiger partial charge in [0, 0.05) is 34.9 Å². The molecule has 0 atom stereocenters. The largest absolute Gasteiger partial charge is 0.433 e. The first-order valence-corrected chi connectivity index (χ1v) is 10.7. The van der Waals surface area contributed by atoms with Crippen LogP contribution in [0.25, 0.3) is 22.4 Å². The van der Waals surface area contributed by atoms with Gasteiger partial charge in [-0.3, -0.25) is 9.78 Å². The van der Waals surface area contributed by atoms with E-state index in [0.717, 1.165) is 27.6 Å². The van der Waals surface area contributed by atoms with Crippen molar-refractivity contribution in [3.05, 3.63) is 106 Å². The standard InChI is InChI=1S/C25H17Cl2N3O2/c1-15-2-7-20-19(12-15)22(24(27)30(20)14-16-3-5-18(26)6-4-16)23(31)21-13-29-25(32-21)17-8-10-28-11-9-17/h2-13H,14H2,1H3. The third kappa shape index (κ3) is 3.70. The van der Waals surface area contributed by atoms with Gasteiger partial charge in [0.15, 0.2) is 5.76 Å². The molecule has 0 fully saturated rings. The molecule has 32 heavy (non-hydrogen) atoms. The molecule has 5 nitrogen and oxygen atoms in total. The van der Waals surface area contributed by atoms with Crippen molar-refractivity contribution in [1.82, 2.24) is 14.5 Å². The lowest BCUT2D eigenvalue weighted by atomic mass is 10.1. The average Bonchev–Trinajstić information content (AvgIpc) is 3.39. The highest BCUT2D eigenvalue weighted by Crippen LogP contribution is 2.34. The number of aromatic nitrogens is 3. The summed E-state index contributed by atoms with van der Waals surface area (Å²) >= 11 is 12.8. The molecule has 0 aliphatic heterocycles. The molecule has 2 aromatic carbocycles. The number of hydrogen-bond donors (Lipinski definition) is 0. The number of carbonyl (C=O) groups excluding carboxylic acids is 1. The summed E-state index contributed by atoms with van der Waals surface area (Å²) in [5.74, 6) is 0.173.